The molecule has 8 nitrogen and oxygen atoms in total. The van der Waals surface area contributed by atoms with Crippen LogP contribution in [0.4, 0.5) is 11.4 Å². The van der Waals surface area contributed by atoms with Crippen molar-refractivity contribution < 1.29 is 9.72 Å². The molecule has 3 aromatic rings. The standard InChI is InChI=1S/C18H14N4O4S/c23-16-10-15(12-5-2-1-3-6-12)20-18(21-16)27-11-17(24)19-13-7-4-8-14(9-13)22(25)26/h1-10H,11H2,(H,19,24)(H,20,21,23). The number of anilines is 1. The number of thioether (sulfide) groups is 1. The lowest BCUT2D eigenvalue weighted by Crippen LogP contribution is -2.15. The summed E-state index contributed by atoms with van der Waals surface area (Å²) in [6.45, 7) is 0. The van der Waals surface area contributed by atoms with Gasteiger partial charge in [0.2, 0.25) is 5.91 Å². The van der Waals surface area contributed by atoms with Crippen molar-refractivity contribution in [1.82, 2.24) is 9.97 Å². The van der Waals surface area contributed by atoms with Gasteiger partial charge in [0.05, 0.1) is 16.4 Å². The van der Waals surface area contributed by atoms with Crippen LogP contribution in [0.3, 0.4) is 0 Å². The number of non-ortho nitro benzene ring substituents is 1. The fourth-order valence-corrected chi connectivity index (χ4v) is 2.96. The number of hydrogen-bond donors (Lipinski definition) is 2. The molecule has 0 radical (unpaired) electrons. The number of nitrogens with one attached hydrogen (secondary N) is 2. The van der Waals surface area contributed by atoms with E-state index in [1.807, 2.05) is 30.3 Å². The molecule has 2 N–H and O–H groups in total. The second-order valence-electron chi connectivity index (χ2n) is 5.45. The monoisotopic (exact) mass is 382 g/mol. The molecule has 0 saturated carbocycles. The summed E-state index contributed by atoms with van der Waals surface area (Å²) in [7, 11) is 0. The molecule has 0 atom stereocenters. The van der Waals surface area contributed by atoms with Gasteiger partial charge in [0.15, 0.2) is 5.16 Å². The zero-order valence-corrected chi connectivity index (χ0v) is 14.7. The van der Waals surface area contributed by atoms with Gasteiger partial charge in [0.25, 0.3) is 11.2 Å². The minimum absolute atomic E-state index is 0.0100. The first-order chi connectivity index (χ1) is 13.0. The average molecular weight is 382 g/mol. The zero-order chi connectivity index (χ0) is 19.2. The maximum absolute atomic E-state index is 12.1. The predicted molar refractivity (Wildman–Crippen MR) is 103 cm³/mol. The molecule has 1 amide bonds. The highest BCUT2D eigenvalue weighted by atomic mass is 32.2. The molecule has 0 unspecified atom stereocenters. The molecule has 9 heteroatoms. The number of nitro groups is 1. The molecule has 0 aliphatic rings. The van der Waals surface area contributed by atoms with Gasteiger partial charge in [-0.25, -0.2) is 4.98 Å². The van der Waals surface area contributed by atoms with E-state index in [1.54, 1.807) is 6.07 Å². The first kappa shape index (κ1) is 18.3. The molecule has 136 valence electrons. The molecule has 1 aromatic heterocycles. The van der Waals surface area contributed by atoms with Crippen molar-refractivity contribution in [1.29, 1.82) is 0 Å². The number of benzene rings is 2. The summed E-state index contributed by atoms with van der Waals surface area (Å²) in [6.07, 6.45) is 0. The largest absolute Gasteiger partial charge is 0.325 e. The van der Waals surface area contributed by atoms with E-state index < -0.39 is 4.92 Å². The van der Waals surface area contributed by atoms with Crippen molar-refractivity contribution in [3.8, 4) is 11.3 Å². The van der Waals surface area contributed by atoms with E-state index in [9.17, 15) is 19.7 Å². The fraction of sp³-hybridized carbons (Fsp3) is 0.0556. The van der Waals surface area contributed by atoms with Gasteiger partial charge in [-0.1, -0.05) is 48.2 Å². The number of rotatable bonds is 6. The highest BCUT2D eigenvalue weighted by Gasteiger charge is 2.10. The van der Waals surface area contributed by atoms with Crippen molar-refractivity contribution in [2.24, 2.45) is 0 Å². The van der Waals surface area contributed by atoms with E-state index in [4.69, 9.17) is 0 Å². The van der Waals surface area contributed by atoms with Crippen molar-refractivity contribution >= 4 is 29.0 Å². The van der Waals surface area contributed by atoms with Crippen molar-refractivity contribution in [3.63, 3.8) is 0 Å². The molecule has 0 saturated heterocycles. The predicted octanol–water partition coefficient (Wildman–Crippen LogP) is 3.08. The molecule has 0 aliphatic carbocycles. The quantitative estimate of drug-likeness (QED) is 0.293. The highest BCUT2D eigenvalue weighted by molar-refractivity contribution is 7.99. The van der Waals surface area contributed by atoms with Gasteiger partial charge in [-0.15, -0.1) is 0 Å². The van der Waals surface area contributed by atoms with Crippen LogP contribution >= 0.6 is 11.8 Å². The SMILES string of the molecule is O=C(CSc1nc(-c2ccccc2)cc(=O)[nH]1)Nc1cccc([N+](=O)[O-])c1. The lowest BCUT2D eigenvalue weighted by molar-refractivity contribution is -0.384. The van der Waals surface area contributed by atoms with Gasteiger partial charge in [-0.3, -0.25) is 19.7 Å². The number of H-pyrrole nitrogens is 1. The number of aromatic nitrogens is 2. The van der Waals surface area contributed by atoms with Gasteiger partial charge >= 0.3 is 0 Å². The third-order valence-electron chi connectivity index (χ3n) is 3.47. The Kier molecular flexibility index (Phi) is 5.62. The van der Waals surface area contributed by atoms with Crippen molar-refractivity contribution in [2.45, 2.75) is 5.16 Å². The molecule has 0 fully saturated rings. The summed E-state index contributed by atoms with van der Waals surface area (Å²) in [6, 6.07) is 16.3. The Balaban J connectivity index is 1.67. The minimum Gasteiger partial charge on any atom is -0.325 e. The van der Waals surface area contributed by atoms with Crippen LogP contribution < -0.4 is 10.9 Å². The smallest absolute Gasteiger partial charge is 0.271 e. The summed E-state index contributed by atoms with van der Waals surface area (Å²) >= 11 is 1.07. The molecule has 0 spiro atoms. The molecule has 27 heavy (non-hydrogen) atoms. The molecule has 2 aromatic carbocycles. The van der Waals surface area contributed by atoms with Gasteiger partial charge in [0.1, 0.15) is 0 Å². The lowest BCUT2D eigenvalue weighted by atomic mass is 10.1. The summed E-state index contributed by atoms with van der Waals surface area (Å²) < 4.78 is 0. The molecular formula is C18H14N4O4S. The Morgan fingerprint density at radius 3 is 2.67 bits per heavy atom. The van der Waals surface area contributed by atoms with Gasteiger partial charge in [-0.05, 0) is 6.07 Å². The highest BCUT2D eigenvalue weighted by Crippen LogP contribution is 2.20. The second-order valence-corrected chi connectivity index (χ2v) is 6.41. The number of amides is 1. The van der Waals surface area contributed by atoms with E-state index in [0.717, 1.165) is 17.3 Å². The summed E-state index contributed by atoms with van der Waals surface area (Å²) in [4.78, 5) is 41.1. The van der Waals surface area contributed by atoms with Crippen LogP contribution in [-0.2, 0) is 4.79 Å². The number of nitrogens with zero attached hydrogens (tertiary/aromatic N) is 2. The second kappa shape index (κ2) is 8.28. The van der Waals surface area contributed by atoms with Crippen LogP contribution in [0.15, 0.2) is 70.6 Å². The van der Waals surface area contributed by atoms with Crippen LogP contribution in [0.1, 0.15) is 0 Å². The first-order valence-electron chi connectivity index (χ1n) is 7.85. The van der Waals surface area contributed by atoms with Gasteiger partial charge in [-0.2, -0.15) is 0 Å². The Hall–Kier alpha value is -3.46. The van der Waals surface area contributed by atoms with E-state index in [2.05, 4.69) is 15.3 Å². The average Bonchev–Trinajstić information content (AvgIpc) is 2.67. The van der Waals surface area contributed by atoms with Crippen molar-refractivity contribution in [2.75, 3.05) is 11.1 Å². The van der Waals surface area contributed by atoms with Crippen LogP contribution in [0.25, 0.3) is 11.3 Å². The topological polar surface area (TPSA) is 118 Å². The molecule has 0 aliphatic heterocycles. The zero-order valence-electron chi connectivity index (χ0n) is 13.9. The van der Waals surface area contributed by atoms with E-state index in [1.165, 1.54) is 24.3 Å². The minimum atomic E-state index is -0.534. The van der Waals surface area contributed by atoms with Gasteiger partial charge in [0, 0.05) is 29.4 Å². The Labute approximate surface area is 157 Å². The lowest BCUT2D eigenvalue weighted by Gasteiger charge is -2.06. The number of aromatic amines is 1. The number of hydrogen-bond acceptors (Lipinski definition) is 6. The summed E-state index contributed by atoms with van der Waals surface area (Å²) in [5.74, 6) is -0.377. The maximum atomic E-state index is 12.1. The first-order valence-corrected chi connectivity index (χ1v) is 8.84. The van der Waals surface area contributed by atoms with Gasteiger partial charge < -0.3 is 10.3 Å². The van der Waals surface area contributed by atoms with E-state index >= 15 is 0 Å². The van der Waals surface area contributed by atoms with Crippen LogP contribution in [0.2, 0.25) is 0 Å². The maximum Gasteiger partial charge on any atom is 0.271 e. The van der Waals surface area contributed by atoms with Crippen LogP contribution in [0, 0.1) is 10.1 Å². The van der Waals surface area contributed by atoms with E-state index in [-0.39, 0.29) is 22.9 Å². The number of carbonyl (C=O) groups is 1. The summed E-state index contributed by atoms with van der Waals surface area (Å²) in [5.41, 5.74) is 1.22. The third kappa shape index (κ3) is 5.02. The number of carbonyl (C=O) groups excluding carboxylic acids is 1. The van der Waals surface area contributed by atoms with E-state index in [0.29, 0.717) is 16.5 Å². The van der Waals surface area contributed by atoms with Crippen LogP contribution in [0.5, 0.6) is 0 Å². The molecule has 0 bridgehead atoms. The fourth-order valence-electron chi connectivity index (χ4n) is 2.29. The summed E-state index contributed by atoms with van der Waals surface area (Å²) in [5, 5.41) is 13.7. The molecule has 1 heterocycles. The Morgan fingerprint density at radius 2 is 1.93 bits per heavy atom. The third-order valence-corrected chi connectivity index (χ3v) is 4.34. The Bertz CT molecular complexity index is 1040. The Morgan fingerprint density at radius 1 is 1.15 bits per heavy atom. The normalized spacial score (nSPS) is 10.4. The van der Waals surface area contributed by atoms with Crippen molar-refractivity contribution in [3.05, 3.63) is 81.1 Å². The molecular weight excluding hydrogens is 368 g/mol. The number of nitro benzene ring substituents is 1. The molecule has 3 rings (SSSR count). The van der Waals surface area contributed by atoms with Crippen LogP contribution in [-0.4, -0.2) is 26.6 Å².